The van der Waals surface area contributed by atoms with Crippen molar-refractivity contribution in [3.8, 4) is 5.75 Å². The molecule has 2 aromatic rings. The van der Waals surface area contributed by atoms with Crippen molar-refractivity contribution in [3.63, 3.8) is 0 Å². The first-order chi connectivity index (χ1) is 14.8. The molecule has 2 aromatic carbocycles. The van der Waals surface area contributed by atoms with Gasteiger partial charge in [0.1, 0.15) is 5.75 Å². The summed E-state index contributed by atoms with van der Waals surface area (Å²) in [5.41, 5.74) is 3.70. The molecule has 0 aromatic heterocycles. The zero-order chi connectivity index (χ0) is 22.3. The lowest BCUT2D eigenvalue weighted by molar-refractivity contribution is -0.128. The van der Waals surface area contributed by atoms with Gasteiger partial charge in [0, 0.05) is 26.2 Å². The molecule has 5 nitrogen and oxygen atoms in total. The number of benzene rings is 2. The summed E-state index contributed by atoms with van der Waals surface area (Å²) < 4.78 is 11.4. The van der Waals surface area contributed by atoms with E-state index >= 15 is 0 Å². The van der Waals surface area contributed by atoms with E-state index in [0.717, 1.165) is 44.2 Å². The number of carbonyl (C=O) groups excluding carboxylic acids is 1. The number of amides is 1. The van der Waals surface area contributed by atoms with Crippen LogP contribution in [0.1, 0.15) is 50.8 Å². The van der Waals surface area contributed by atoms with Crippen molar-refractivity contribution in [3.05, 3.63) is 65.2 Å². The molecule has 31 heavy (non-hydrogen) atoms. The van der Waals surface area contributed by atoms with Gasteiger partial charge in [0.05, 0.1) is 13.2 Å². The molecule has 0 spiro atoms. The normalized spacial score (nSPS) is 16.0. The summed E-state index contributed by atoms with van der Waals surface area (Å²) in [5.74, 6) is 0.642. The minimum atomic E-state index is -0.503. The van der Waals surface area contributed by atoms with E-state index < -0.39 is 6.10 Å². The van der Waals surface area contributed by atoms with Crippen LogP contribution in [0, 0.1) is 0 Å². The van der Waals surface area contributed by atoms with Crippen molar-refractivity contribution >= 4 is 5.91 Å². The SMILES string of the molecule is CCC(Oc1ccc(C(C)(C)C)cc1)C(=O)NCc1cccc(CN2CCOCC2)c1. The zero-order valence-electron chi connectivity index (χ0n) is 19.3. The number of rotatable bonds is 8. The van der Waals surface area contributed by atoms with Gasteiger partial charge in [-0.15, -0.1) is 0 Å². The van der Waals surface area contributed by atoms with Gasteiger partial charge in [-0.05, 0) is 40.7 Å². The predicted octanol–water partition coefficient (Wildman–Crippen LogP) is 4.29. The molecule has 1 heterocycles. The van der Waals surface area contributed by atoms with E-state index in [4.69, 9.17) is 9.47 Å². The molecule has 3 rings (SSSR count). The maximum Gasteiger partial charge on any atom is 0.261 e. The number of ether oxygens (including phenoxy) is 2. The molecule has 0 saturated carbocycles. The standard InChI is InChI=1S/C26H36N2O3/c1-5-24(31-23-11-9-22(10-12-23)26(2,3)4)25(29)27-18-20-7-6-8-21(17-20)19-28-13-15-30-16-14-28/h6-12,17,24H,5,13-16,18-19H2,1-4H3,(H,27,29). The maximum absolute atomic E-state index is 12.7. The van der Waals surface area contributed by atoms with Crippen LogP contribution in [-0.4, -0.2) is 43.2 Å². The molecule has 0 aliphatic carbocycles. The first-order valence-electron chi connectivity index (χ1n) is 11.3. The Morgan fingerprint density at radius 3 is 2.42 bits per heavy atom. The molecule has 1 amide bonds. The number of hydrogen-bond acceptors (Lipinski definition) is 4. The van der Waals surface area contributed by atoms with Crippen LogP contribution >= 0.6 is 0 Å². The van der Waals surface area contributed by atoms with Crippen molar-refractivity contribution in [2.45, 2.75) is 58.7 Å². The van der Waals surface area contributed by atoms with Gasteiger partial charge in [0.25, 0.3) is 5.91 Å². The zero-order valence-corrected chi connectivity index (χ0v) is 19.3. The molecule has 0 bridgehead atoms. The van der Waals surface area contributed by atoms with Crippen LogP contribution in [0.5, 0.6) is 5.75 Å². The monoisotopic (exact) mass is 424 g/mol. The Labute approximate surface area is 186 Å². The van der Waals surface area contributed by atoms with Crippen molar-refractivity contribution < 1.29 is 14.3 Å². The number of hydrogen-bond donors (Lipinski definition) is 1. The molecule has 1 saturated heterocycles. The second kappa shape index (κ2) is 10.8. The van der Waals surface area contributed by atoms with Crippen molar-refractivity contribution in [1.29, 1.82) is 0 Å². The summed E-state index contributed by atoms with van der Waals surface area (Å²) in [6, 6.07) is 16.5. The summed E-state index contributed by atoms with van der Waals surface area (Å²) in [5, 5.41) is 3.04. The van der Waals surface area contributed by atoms with Crippen molar-refractivity contribution in [2.75, 3.05) is 26.3 Å². The Hall–Kier alpha value is -2.37. The molecule has 1 aliphatic heterocycles. The topological polar surface area (TPSA) is 50.8 Å². The van der Waals surface area contributed by atoms with Gasteiger partial charge in [-0.1, -0.05) is 64.1 Å². The average molecular weight is 425 g/mol. The Morgan fingerprint density at radius 1 is 1.10 bits per heavy atom. The highest BCUT2D eigenvalue weighted by atomic mass is 16.5. The third-order valence-corrected chi connectivity index (χ3v) is 5.63. The molecule has 1 atom stereocenters. The summed E-state index contributed by atoms with van der Waals surface area (Å²) in [6.07, 6.45) is 0.112. The van der Waals surface area contributed by atoms with Gasteiger partial charge in [-0.25, -0.2) is 0 Å². The Bertz CT molecular complexity index is 836. The third kappa shape index (κ3) is 7.08. The fourth-order valence-electron chi connectivity index (χ4n) is 3.68. The van der Waals surface area contributed by atoms with E-state index in [-0.39, 0.29) is 11.3 Å². The highest BCUT2D eigenvalue weighted by Crippen LogP contribution is 2.25. The fraction of sp³-hybridized carbons (Fsp3) is 0.500. The molecular weight excluding hydrogens is 388 g/mol. The van der Waals surface area contributed by atoms with Gasteiger partial charge in [-0.3, -0.25) is 9.69 Å². The molecule has 0 radical (unpaired) electrons. The molecular formula is C26H36N2O3. The predicted molar refractivity (Wildman–Crippen MR) is 124 cm³/mol. The van der Waals surface area contributed by atoms with Crippen LogP contribution in [0.25, 0.3) is 0 Å². The summed E-state index contributed by atoms with van der Waals surface area (Å²) in [4.78, 5) is 15.1. The fourth-order valence-corrected chi connectivity index (χ4v) is 3.68. The second-order valence-electron chi connectivity index (χ2n) is 9.22. The molecule has 1 aliphatic rings. The van der Waals surface area contributed by atoms with E-state index in [1.807, 2.05) is 19.1 Å². The van der Waals surface area contributed by atoms with Crippen LogP contribution in [0.2, 0.25) is 0 Å². The van der Waals surface area contributed by atoms with Gasteiger partial charge in [-0.2, -0.15) is 0 Å². The quantitative estimate of drug-likeness (QED) is 0.687. The largest absolute Gasteiger partial charge is 0.481 e. The van der Waals surface area contributed by atoms with E-state index in [9.17, 15) is 4.79 Å². The first kappa shape index (κ1) is 23.3. The molecule has 1 N–H and O–H groups in total. The lowest BCUT2D eigenvalue weighted by atomic mass is 9.87. The first-order valence-corrected chi connectivity index (χ1v) is 11.3. The Kier molecular flexibility index (Phi) is 8.10. The van der Waals surface area contributed by atoms with E-state index in [2.05, 4.69) is 67.4 Å². The van der Waals surface area contributed by atoms with E-state index in [1.165, 1.54) is 11.1 Å². The van der Waals surface area contributed by atoms with Crippen LogP contribution in [0.15, 0.2) is 48.5 Å². The third-order valence-electron chi connectivity index (χ3n) is 5.63. The Balaban J connectivity index is 1.53. The molecule has 1 fully saturated rings. The Morgan fingerprint density at radius 2 is 1.77 bits per heavy atom. The minimum absolute atomic E-state index is 0.0824. The van der Waals surface area contributed by atoms with Crippen molar-refractivity contribution in [2.24, 2.45) is 0 Å². The molecule has 5 heteroatoms. The summed E-state index contributed by atoms with van der Waals surface area (Å²) >= 11 is 0. The van der Waals surface area contributed by atoms with Gasteiger partial charge < -0.3 is 14.8 Å². The van der Waals surface area contributed by atoms with Gasteiger partial charge in [0.15, 0.2) is 6.10 Å². The summed E-state index contributed by atoms with van der Waals surface area (Å²) in [6.45, 7) is 13.5. The lowest BCUT2D eigenvalue weighted by Crippen LogP contribution is -2.37. The van der Waals surface area contributed by atoms with E-state index in [1.54, 1.807) is 0 Å². The molecule has 1 unspecified atom stereocenters. The number of morpholine rings is 1. The minimum Gasteiger partial charge on any atom is -0.481 e. The van der Waals surface area contributed by atoms with Crippen LogP contribution < -0.4 is 10.1 Å². The number of nitrogens with zero attached hydrogens (tertiary/aromatic N) is 1. The summed E-state index contributed by atoms with van der Waals surface area (Å²) in [7, 11) is 0. The average Bonchev–Trinajstić information content (AvgIpc) is 2.76. The second-order valence-corrected chi connectivity index (χ2v) is 9.22. The smallest absolute Gasteiger partial charge is 0.261 e. The van der Waals surface area contributed by atoms with E-state index in [0.29, 0.717) is 13.0 Å². The lowest BCUT2D eigenvalue weighted by Gasteiger charge is -2.26. The van der Waals surface area contributed by atoms with Crippen LogP contribution in [0.4, 0.5) is 0 Å². The van der Waals surface area contributed by atoms with Crippen LogP contribution in [-0.2, 0) is 28.0 Å². The van der Waals surface area contributed by atoms with Gasteiger partial charge in [0.2, 0.25) is 0 Å². The number of nitrogens with one attached hydrogen (secondary N) is 1. The van der Waals surface area contributed by atoms with Crippen LogP contribution in [0.3, 0.4) is 0 Å². The highest BCUT2D eigenvalue weighted by Gasteiger charge is 2.19. The van der Waals surface area contributed by atoms with Gasteiger partial charge >= 0.3 is 0 Å². The maximum atomic E-state index is 12.7. The highest BCUT2D eigenvalue weighted by molar-refractivity contribution is 5.81. The van der Waals surface area contributed by atoms with Crippen molar-refractivity contribution in [1.82, 2.24) is 10.2 Å². The molecule has 168 valence electrons. The number of carbonyl (C=O) groups is 1.